The van der Waals surface area contributed by atoms with E-state index < -0.39 is 13.9 Å². The molecule has 5 aromatic carbocycles. The number of ether oxygens (including phenoxy) is 1. The normalized spacial score (nSPS) is 12.3. The Morgan fingerprint density at radius 2 is 0.972 bits per heavy atom. The van der Waals surface area contributed by atoms with Gasteiger partial charge in [0.25, 0.3) is 0 Å². The van der Waals surface area contributed by atoms with E-state index in [9.17, 15) is 0 Å². The highest BCUT2D eigenvalue weighted by atomic mass is 28.3. The van der Waals surface area contributed by atoms with E-state index in [1.165, 1.54) is 15.6 Å². The first-order valence-electron chi connectivity index (χ1n) is 12.1. The minimum Gasteiger partial charge on any atom is -0.471 e. The fourth-order valence-electron chi connectivity index (χ4n) is 5.04. The molecule has 0 aliphatic heterocycles. The van der Waals surface area contributed by atoms with Gasteiger partial charge in [-0.25, -0.2) is 4.68 Å². The van der Waals surface area contributed by atoms with Gasteiger partial charge in [-0.3, -0.25) is 0 Å². The predicted octanol–water partition coefficient (Wildman–Crippen LogP) is 4.72. The Balaban J connectivity index is 1.73. The number of fused-ring (bicyclic) bond motifs is 1. The van der Waals surface area contributed by atoms with Gasteiger partial charge in [0.2, 0.25) is 8.07 Å². The van der Waals surface area contributed by atoms with Crippen molar-refractivity contribution < 1.29 is 4.74 Å². The number of aromatic nitrogens is 3. The van der Waals surface area contributed by atoms with E-state index in [4.69, 9.17) is 9.95 Å². The molecule has 1 atom stereocenters. The summed E-state index contributed by atoms with van der Waals surface area (Å²) in [5.74, 6) is 0.348. The monoisotopic (exact) mass is 483 g/mol. The van der Waals surface area contributed by atoms with Crippen molar-refractivity contribution in [2.45, 2.75) is 5.85 Å². The van der Waals surface area contributed by atoms with Crippen molar-refractivity contribution in [3.63, 3.8) is 0 Å². The van der Waals surface area contributed by atoms with E-state index in [1.54, 1.807) is 0 Å². The van der Waals surface area contributed by atoms with Gasteiger partial charge in [-0.05, 0) is 39.8 Å². The predicted molar refractivity (Wildman–Crippen MR) is 148 cm³/mol. The summed E-state index contributed by atoms with van der Waals surface area (Å²) in [6.45, 7) is 0. The van der Waals surface area contributed by atoms with Gasteiger partial charge in [0.15, 0.2) is 5.85 Å². The largest absolute Gasteiger partial charge is 0.471 e. The minimum absolute atomic E-state index is 0.445. The zero-order valence-corrected chi connectivity index (χ0v) is 20.7. The van der Waals surface area contributed by atoms with Crippen molar-refractivity contribution in [1.82, 2.24) is 15.0 Å². The van der Waals surface area contributed by atoms with Crippen molar-refractivity contribution in [2.75, 3.05) is 0 Å². The van der Waals surface area contributed by atoms with Crippen molar-refractivity contribution in [3.8, 4) is 5.75 Å². The SMILES string of the molecule is c1ccc(OC(n2nnc3ccccc32)[Si](c2ccccc2)(c2ccccc2)c2ccccc2)cc1. The number of benzene rings is 5. The number of rotatable bonds is 7. The van der Waals surface area contributed by atoms with Crippen LogP contribution in [0.25, 0.3) is 11.0 Å². The summed E-state index contributed by atoms with van der Waals surface area (Å²) >= 11 is 0. The van der Waals surface area contributed by atoms with Crippen LogP contribution < -0.4 is 20.3 Å². The van der Waals surface area contributed by atoms with E-state index >= 15 is 0 Å². The zero-order valence-electron chi connectivity index (χ0n) is 19.7. The van der Waals surface area contributed by atoms with Gasteiger partial charge < -0.3 is 4.74 Å². The Morgan fingerprint density at radius 3 is 1.50 bits per heavy atom. The van der Waals surface area contributed by atoms with Crippen LogP contribution in [0.3, 0.4) is 0 Å². The Bertz CT molecular complexity index is 1460. The molecular formula is C31H25N3OSi. The maximum Gasteiger partial charge on any atom is 0.222 e. The summed E-state index contributed by atoms with van der Waals surface area (Å²) in [5.41, 5.74) is 1.79. The highest BCUT2D eigenvalue weighted by Crippen LogP contribution is 2.28. The lowest BCUT2D eigenvalue weighted by atomic mass is 10.3. The molecule has 0 radical (unpaired) electrons. The molecule has 0 fully saturated rings. The number of nitrogens with zero attached hydrogens (tertiary/aromatic N) is 3. The Morgan fingerprint density at radius 1 is 0.528 bits per heavy atom. The number of hydrogen-bond donors (Lipinski definition) is 0. The van der Waals surface area contributed by atoms with Gasteiger partial charge in [0, 0.05) is 0 Å². The van der Waals surface area contributed by atoms with Gasteiger partial charge in [0.05, 0.1) is 5.52 Å². The summed E-state index contributed by atoms with van der Waals surface area (Å²) < 4.78 is 9.01. The molecule has 36 heavy (non-hydrogen) atoms. The average molecular weight is 484 g/mol. The van der Waals surface area contributed by atoms with E-state index in [1.807, 2.05) is 53.2 Å². The first-order valence-corrected chi connectivity index (χ1v) is 14.1. The lowest BCUT2D eigenvalue weighted by molar-refractivity contribution is 0.195. The summed E-state index contributed by atoms with van der Waals surface area (Å²) in [4.78, 5) is 0. The quantitative estimate of drug-likeness (QED) is 0.244. The molecule has 174 valence electrons. The van der Waals surface area contributed by atoms with Gasteiger partial charge in [-0.2, -0.15) is 0 Å². The first kappa shape index (κ1) is 22.0. The van der Waals surface area contributed by atoms with Gasteiger partial charge in [-0.15, -0.1) is 5.10 Å². The molecule has 1 unspecified atom stereocenters. The second-order valence-corrected chi connectivity index (χ2v) is 12.6. The summed E-state index contributed by atoms with van der Waals surface area (Å²) in [6, 6.07) is 50.3. The average Bonchev–Trinajstić information content (AvgIpc) is 3.39. The number of hydrogen-bond acceptors (Lipinski definition) is 3. The van der Waals surface area contributed by atoms with Crippen LogP contribution in [0.1, 0.15) is 5.85 Å². The molecule has 5 heteroatoms. The molecule has 0 spiro atoms. The topological polar surface area (TPSA) is 39.9 Å². The molecule has 1 heterocycles. The molecule has 0 bridgehead atoms. The first-order chi connectivity index (χ1) is 17.9. The summed E-state index contributed by atoms with van der Waals surface area (Å²) in [6.07, 6.45) is 0. The molecular weight excluding hydrogens is 458 g/mol. The Hall–Kier alpha value is -4.48. The number of para-hydroxylation sites is 2. The molecule has 0 amide bonds. The van der Waals surface area contributed by atoms with Crippen LogP contribution in [-0.2, 0) is 0 Å². The Labute approximate surface area is 211 Å². The molecule has 6 aromatic rings. The minimum atomic E-state index is -2.92. The van der Waals surface area contributed by atoms with Gasteiger partial charge in [-0.1, -0.05) is 127 Å². The highest BCUT2D eigenvalue weighted by Gasteiger charge is 2.51. The van der Waals surface area contributed by atoms with E-state index in [2.05, 4.69) is 102 Å². The molecule has 0 saturated carbocycles. The molecule has 0 N–H and O–H groups in total. The van der Waals surface area contributed by atoms with Crippen LogP contribution in [0.4, 0.5) is 0 Å². The fraction of sp³-hybridized carbons (Fsp3) is 0.0323. The molecule has 4 nitrogen and oxygen atoms in total. The molecule has 0 saturated heterocycles. The Kier molecular flexibility index (Phi) is 5.89. The summed E-state index contributed by atoms with van der Waals surface area (Å²) in [5, 5.41) is 13.0. The molecule has 1 aromatic heterocycles. The van der Waals surface area contributed by atoms with Crippen LogP contribution in [0.5, 0.6) is 5.75 Å². The second kappa shape index (κ2) is 9.64. The maximum atomic E-state index is 7.02. The lowest BCUT2D eigenvalue weighted by Gasteiger charge is -2.40. The molecule has 0 aliphatic rings. The highest BCUT2D eigenvalue weighted by molar-refractivity contribution is 7.11. The van der Waals surface area contributed by atoms with E-state index in [0.717, 1.165) is 16.8 Å². The summed E-state index contributed by atoms with van der Waals surface area (Å²) in [7, 11) is -2.92. The van der Waals surface area contributed by atoms with Crippen LogP contribution in [0.15, 0.2) is 146 Å². The zero-order chi connectivity index (χ0) is 24.2. The van der Waals surface area contributed by atoms with Crippen LogP contribution >= 0.6 is 0 Å². The van der Waals surface area contributed by atoms with Crippen molar-refractivity contribution >= 4 is 34.7 Å². The standard InChI is InChI=1S/C31H25N3OSi/c1-5-15-25(16-6-1)35-31(34-30-24-14-13-23-29(30)32-33-34)36(26-17-7-2-8-18-26,27-19-9-3-10-20-27)28-21-11-4-12-22-28/h1-24,31H. The second-order valence-electron chi connectivity index (χ2n) is 8.71. The third kappa shape index (κ3) is 3.80. The molecule has 0 aliphatic carbocycles. The van der Waals surface area contributed by atoms with Gasteiger partial charge >= 0.3 is 0 Å². The van der Waals surface area contributed by atoms with Crippen molar-refractivity contribution in [3.05, 3.63) is 146 Å². The van der Waals surface area contributed by atoms with E-state index in [0.29, 0.717) is 0 Å². The van der Waals surface area contributed by atoms with Crippen LogP contribution in [0.2, 0.25) is 0 Å². The third-order valence-corrected chi connectivity index (χ3v) is 11.5. The van der Waals surface area contributed by atoms with Crippen LogP contribution in [-0.4, -0.2) is 23.1 Å². The van der Waals surface area contributed by atoms with E-state index in [-0.39, 0.29) is 0 Å². The van der Waals surface area contributed by atoms with Gasteiger partial charge in [0.1, 0.15) is 11.3 Å². The fourth-order valence-corrected chi connectivity index (χ4v) is 9.92. The smallest absolute Gasteiger partial charge is 0.222 e. The lowest BCUT2D eigenvalue weighted by Crippen LogP contribution is -2.73. The van der Waals surface area contributed by atoms with Crippen molar-refractivity contribution in [2.24, 2.45) is 0 Å². The van der Waals surface area contributed by atoms with Crippen LogP contribution in [0, 0.1) is 0 Å². The van der Waals surface area contributed by atoms with Crippen molar-refractivity contribution in [1.29, 1.82) is 0 Å². The molecule has 6 rings (SSSR count). The third-order valence-electron chi connectivity index (χ3n) is 6.65. The maximum absolute atomic E-state index is 7.02.